The molecule has 0 aromatic carbocycles. The van der Waals surface area contributed by atoms with Crippen LogP contribution in [0.1, 0.15) is 59.8 Å². The van der Waals surface area contributed by atoms with Gasteiger partial charge in [-0.05, 0) is 68.9 Å². The van der Waals surface area contributed by atoms with Crippen molar-refractivity contribution in [2.24, 2.45) is 22.5 Å². The normalized spacial score (nSPS) is 41.8. The van der Waals surface area contributed by atoms with Crippen LogP contribution in [0.4, 0.5) is 0 Å². The van der Waals surface area contributed by atoms with Gasteiger partial charge in [0.1, 0.15) is 6.04 Å². The van der Waals surface area contributed by atoms with E-state index in [-0.39, 0.29) is 22.3 Å². The van der Waals surface area contributed by atoms with Gasteiger partial charge in [-0.25, -0.2) is 0 Å². The molecule has 1 heterocycles. The van der Waals surface area contributed by atoms with Crippen molar-refractivity contribution in [3.05, 3.63) is 0 Å². The molecule has 1 saturated heterocycles. The monoisotopic (exact) mass is 308 g/mol. The van der Waals surface area contributed by atoms with Crippen molar-refractivity contribution in [3.63, 3.8) is 0 Å². The Bertz CT molecular complexity index is 458. The summed E-state index contributed by atoms with van der Waals surface area (Å²) in [5.41, 5.74) is 6.70. The van der Waals surface area contributed by atoms with Gasteiger partial charge >= 0.3 is 5.97 Å². The largest absolute Gasteiger partial charge is 0.465 e. The fourth-order valence-electron chi connectivity index (χ4n) is 6.02. The van der Waals surface area contributed by atoms with Gasteiger partial charge in [-0.3, -0.25) is 9.69 Å². The van der Waals surface area contributed by atoms with Crippen LogP contribution in [-0.2, 0) is 9.53 Å². The standard InChI is InChI=1S/C18H32N2O2/c1-5-22-15(21)14(19)18(20-10-6-7-11-20)12-13-8-9-17(18,4)16(13,2)3/h13-14H,5-12,19H2,1-4H3/t13-,14+,17+,18-/m1/s1. The maximum Gasteiger partial charge on any atom is 0.324 e. The summed E-state index contributed by atoms with van der Waals surface area (Å²) in [6.45, 7) is 11.6. The topological polar surface area (TPSA) is 55.6 Å². The summed E-state index contributed by atoms with van der Waals surface area (Å²) in [6, 6.07) is -0.528. The van der Waals surface area contributed by atoms with Crippen molar-refractivity contribution in [2.45, 2.75) is 71.4 Å². The van der Waals surface area contributed by atoms with Crippen LogP contribution in [0.3, 0.4) is 0 Å². The highest BCUT2D eigenvalue weighted by atomic mass is 16.5. The third-order valence-corrected chi connectivity index (χ3v) is 7.67. The molecule has 126 valence electrons. The summed E-state index contributed by atoms with van der Waals surface area (Å²) in [6.07, 6.45) is 5.94. The number of likely N-dealkylation sites (tertiary alicyclic amines) is 1. The first kappa shape index (κ1) is 16.3. The van der Waals surface area contributed by atoms with E-state index in [0.29, 0.717) is 12.5 Å². The Kier molecular flexibility index (Phi) is 3.84. The Labute approximate surface area is 134 Å². The number of esters is 1. The molecule has 0 aromatic rings. The van der Waals surface area contributed by atoms with Gasteiger partial charge < -0.3 is 10.5 Å². The Balaban J connectivity index is 2.04. The van der Waals surface area contributed by atoms with E-state index in [1.165, 1.54) is 25.7 Å². The van der Waals surface area contributed by atoms with Crippen molar-refractivity contribution in [2.75, 3.05) is 19.7 Å². The van der Waals surface area contributed by atoms with Crippen LogP contribution in [0.25, 0.3) is 0 Å². The SMILES string of the molecule is CCOC(=O)[C@H](N)[C@]1(N2CCCC2)C[C@H]2CC[C@@]1(C)C2(C)C. The zero-order valence-corrected chi connectivity index (χ0v) is 14.7. The van der Waals surface area contributed by atoms with Gasteiger partial charge in [0.2, 0.25) is 0 Å². The number of carbonyl (C=O) groups is 1. The molecule has 2 aliphatic carbocycles. The summed E-state index contributed by atoms with van der Waals surface area (Å²) >= 11 is 0. The molecule has 4 heteroatoms. The predicted molar refractivity (Wildman–Crippen MR) is 87.4 cm³/mol. The number of ether oxygens (including phenoxy) is 1. The average molecular weight is 308 g/mol. The maximum absolute atomic E-state index is 12.5. The van der Waals surface area contributed by atoms with Crippen LogP contribution in [0.5, 0.6) is 0 Å². The number of fused-ring (bicyclic) bond motifs is 2. The summed E-state index contributed by atoms with van der Waals surface area (Å²) < 4.78 is 5.33. The summed E-state index contributed by atoms with van der Waals surface area (Å²) in [4.78, 5) is 15.1. The number of hydrogen-bond acceptors (Lipinski definition) is 4. The molecule has 3 fully saturated rings. The predicted octanol–water partition coefficient (Wildman–Crippen LogP) is 2.56. The van der Waals surface area contributed by atoms with Crippen LogP contribution < -0.4 is 5.73 Å². The molecule has 1 aliphatic heterocycles. The second kappa shape index (κ2) is 5.20. The minimum Gasteiger partial charge on any atom is -0.465 e. The number of rotatable bonds is 4. The third kappa shape index (κ3) is 1.80. The van der Waals surface area contributed by atoms with Crippen LogP contribution in [0.15, 0.2) is 0 Å². The number of nitrogens with zero attached hydrogens (tertiary/aromatic N) is 1. The molecule has 0 spiro atoms. The van der Waals surface area contributed by atoms with Crippen molar-refractivity contribution >= 4 is 5.97 Å². The van der Waals surface area contributed by atoms with E-state index >= 15 is 0 Å². The lowest BCUT2D eigenvalue weighted by Crippen LogP contribution is -2.69. The Hall–Kier alpha value is -0.610. The molecule has 2 saturated carbocycles. The van der Waals surface area contributed by atoms with Gasteiger partial charge in [-0.15, -0.1) is 0 Å². The minimum absolute atomic E-state index is 0.0845. The Morgan fingerprint density at radius 2 is 1.95 bits per heavy atom. The van der Waals surface area contributed by atoms with Crippen LogP contribution in [-0.4, -0.2) is 42.1 Å². The molecular formula is C18H32N2O2. The molecule has 0 radical (unpaired) electrons. The van der Waals surface area contributed by atoms with E-state index < -0.39 is 6.04 Å². The molecule has 4 atom stereocenters. The van der Waals surface area contributed by atoms with E-state index in [1.807, 2.05) is 6.92 Å². The van der Waals surface area contributed by atoms with E-state index in [2.05, 4.69) is 25.7 Å². The Morgan fingerprint density at radius 1 is 1.32 bits per heavy atom. The summed E-state index contributed by atoms with van der Waals surface area (Å²) in [5, 5.41) is 0. The van der Waals surface area contributed by atoms with Gasteiger partial charge in [0.05, 0.1) is 12.1 Å². The lowest BCUT2D eigenvalue weighted by Gasteiger charge is -2.55. The fourth-order valence-corrected chi connectivity index (χ4v) is 6.02. The molecular weight excluding hydrogens is 276 g/mol. The highest BCUT2D eigenvalue weighted by Crippen LogP contribution is 2.72. The first-order chi connectivity index (χ1) is 10.3. The zero-order valence-electron chi connectivity index (χ0n) is 14.7. The molecule has 2 bridgehead atoms. The molecule has 0 aromatic heterocycles. The highest BCUT2D eigenvalue weighted by molar-refractivity contribution is 5.78. The molecule has 2 N–H and O–H groups in total. The second-order valence-electron chi connectivity index (χ2n) is 8.34. The molecule has 22 heavy (non-hydrogen) atoms. The van der Waals surface area contributed by atoms with E-state index in [0.717, 1.165) is 19.5 Å². The van der Waals surface area contributed by atoms with Crippen molar-refractivity contribution in [3.8, 4) is 0 Å². The smallest absolute Gasteiger partial charge is 0.324 e. The van der Waals surface area contributed by atoms with Gasteiger partial charge in [-0.2, -0.15) is 0 Å². The second-order valence-corrected chi connectivity index (χ2v) is 8.34. The van der Waals surface area contributed by atoms with Crippen LogP contribution >= 0.6 is 0 Å². The van der Waals surface area contributed by atoms with Gasteiger partial charge in [-0.1, -0.05) is 20.8 Å². The number of carbonyl (C=O) groups excluding carboxylic acids is 1. The van der Waals surface area contributed by atoms with E-state index in [1.54, 1.807) is 0 Å². The number of nitrogens with two attached hydrogens (primary N) is 1. The third-order valence-electron chi connectivity index (χ3n) is 7.67. The maximum atomic E-state index is 12.5. The highest BCUT2D eigenvalue weighted by Gasteiger charge is 2.73. The van der Waals surface area contributed by atoms with E-state index in [4.69, 9.17) is 10.5 Å². The number of hydrogen-bond donors (Lipinski definition) is 1. The Morgan fingerprint density at radius 3 is 2.41 bits per heavy atom. The fraction of sp³-hybridized carbons (Fsp3) is 0.944. The van der Waals surface area contributed by atoms with Gasteiger partial charge in [0, 0.05) is 0 Å². The van der Waals surface area contributed by atoms with Crippen molar-refractivity contribution < 1.29 is 9.53 Å². The summed E-state index contributed by atoms with van der Waals surface area (Å²) in [5.74, 6) is 0.456. The zero-order chi connectivity index (χ0) is 16.2. The van der Waals surface area contributed by atoms with Crippen molar-refractivity contribution in [1.82, 2.24) is 4.90 Å². The van der Waals surface area contributed by atoms with Crippen LogP contribution in [0.2, 0.25) is 0 Å². The molecule has 0 amide bonds. The van der Waals surface area contributed by atoms with Crippen LogP contribution in [0, 0.1) is 16.7 Å². The van der Waals surface area contributed by atoms with Gasteiger partial charge in [0.25, 0.3) is 0 Å². The minimum atomic E-state index is -0.528. The van der Waals surface area contributed by atoms with Gasteiger partial charge in [0.15, 0.2) is 0 Å². The summed E-state index contributed by atoms with van der Waals surface area (Å²) in [7, 11) is 0. The van der Waals surface area contributed by atoms with E-state index in [9.17, 15) is 4.79 Å². The van der Waals surface area contributed by atoms with Crippen molar-refractivity contribution in [1.29, 1.82) is 0 Å². The first-order valence-corrected chi connectivity index (χ1v) is 8.98. The first-order valence-electron chi connectivity index (χ1n) is 8.98. The molecule has 4 nitrogen and oxygen atoms in total. The average Bonchev–Trinajstić information content (AvgIpc) is 3.11. The molecule has 0 unspecified atom stereocenters. The molecule has 3 aliphatic rings. The molecule has 3 rings (SSSR count). The lowest BCUT2D eigenvalue weighted by molar-refractivity contribution is -0.154. The lowest BCUT2D eigenvalue weighted by atomic mass is 9.59. The quantitative estimate of drug-likeness (QED) is 0.811.